The largest absolute Gasteiger partial charge is 0.207 e. The third kappa shape index (κ3) is 4.22. The molecule has 0 saturated carbocycles. The highest BCUT2D eigenvalue weighted by Crippen LogP contribution is 2.35. The molecule has 3 aromatic rings. The Kier molecular flexibility index (Phi) is 5.45. The lowest BCUT2D eigenvalue weighted by atomic mass is 9.79. The summed E-state index contributed by atoms with van der Waals surface area (Å²) in [5.74, 6) is 4.93. The molecule has 0 fully saturated rings. The maximum absolute atomic E-state index is 14.6. The monoisotopic (exact) mass is 390 g/mol. The zero-order chi connectivity index (χ0) is 20.4. The summed E-state index contributed by atoms with van der Waals surface area (Å²) in [5, 5.41) is 0. The number of hydrogen-bond acceptors (Lipinski definition) is 0. The Bertz CT molecular complexity index is 1100. The molecule has 146 valence electrons. The first-order valence-corrected chi connectivity index (χ1v) is 9.90. The van der Waals surface area contributed by atoms with Crippen LogP contribution in [0.15, 0.2) is 54.6 Å². The fourth-order valence-electron chi connectivity index (χ4n) is 3.93. The Labute approximate surface area is 169 Å². The summed E-state index contributed by atoms with van der Waals surface area (Å²) in [7, 11) is 0. The van der Waals surface area contributed by atoms with E-state index in [4.69, 9.17) is 0 Å². The normalized spacial score (nSPS) is 15.4. The minimum absolute atomic E-state index is 0.0592. The van der Waals surface area contributed by atoms with Crippen LogP contribution in [0.5, 0.6) is 0 Å². The molecule has 0 amide bonds. The van der Waals surface area contributed by atoms with Crippen LogP contribution in [-0.4, -0.2) is 0 Å². The molecule has 0 bridgehead atoms. The average molecular weight is 390 g/mol. The van der Waals surface area contributed by atoms with Gasteiger partial charge in [-0.15, -0.1) is 0 Å². The molecular formula is C26H21F3. The molecule has 1 unspecified atom stereocenters. The van der Waals surface area contributed by atoms with Crippen molar-refractivity contribution in [1.82, 2.24) is 0 Å². The lowest BCUT2D eigenvalue weighted by Gasteiger charge is -2.26. The van der Waals surface area contributed by atoms with E-state index in [0.717, 1.165) is 36.0 Å². The lowest BCUT2D eigenvalue weighted by Crippen LogP contribution is -2.15. The van der Waals surface area contributed by atoms with Gasteiger partial charge in [-0.05, 0) is 96.3 Å². The first kappa shape index (κ1) is 19.3. The van der Waals surface area contributed by atoms with Gasteiger partial charge < -0.3 is 0 Å². The smallest absolute Gasteiger partial charge is 0.139 e. The Morgan fingerprint density at radius 3 is 2.38 bits per heavy atom. The highest BCUT2D eigenvalue weighted by Gasteiger charge is 2.24. The van der Waals surface area contributed by atoms with Gasteiger partial charge in [0.25, 0.3) is 0 Å². The predicted molar refractivity (Wildman–Crippen MR) is 109 cm³/mol. The molecule has 1 aliphatic rings. The minimum atomic E-state index is -0.374. The van der Waals surface area contributed by atoms with Gasteiger partial charge in [0.1, 0.15) is 17.5 Å². The third-order valence-electron chi connectivity index (χ3n) is 5.62. The molecule has 3 aromatic carbocycles. The SMILES string of the molecule is CCc1ccc(C2CCc3cc(C#Cc4ccc(F)cc4)c(F)cc3C2)c(F)c1. The molecule has 0 aliphatic heterocycles. The van der Waals surface area contributed by atoms with Gasteiger partial charge in [0.15, 0.2) is 0 Å². The van der Waals surface area contributed by atoms with Crippen LogP contribution >= 0.6 is 0 Å². The van der Waals surface area contributed by atoms with Gasteiger partial charge in [-0.3, -0.25) is 0 Å². The topological polar surface area (TPSA) is 0 Å². The number of rotatable bonds is 2. The van der Waals surface area contributed by atoms with E-state index in [1.54, 1.807) is 24.3 Å². The van der Waals surface area contributed by atoms with Crippen LogP contribution in [0.2, 0.25) is 0 Å². The highest BCUT2D eigenvalue weighted by atomic mass is 19.1. The van der Waals surface area contributed by atoms with Gasteiger partial charge in [0.2, 0.25) is 0 Å². The van der Waals surface area contributed by atoms with Gasteiger partial charge in [-0.25, -0.2) is 13.2 Å². The van der Waals surface area contributed by atoms with Crippen molar-refractivity contribution in [3.8, 4) is 11.8 Å². The van der Waals surface area contributed by atoms with Crippen LogP contribution < -0.4 is 0 Å². The molecule has 0 saturated heterocycles. The van der Waals surface area contributed by atoms with Crippen LogP contribution in [0, 0.1) is 29.3 Å². The van der Waals surface area contributed by atoms with Crippen LogP contribution in [0.3, 0.4) is 0 Å². The second-order valence-corrected chi connectivity index (χ2v) is 7.51. The van der Waals surface area contributed by atoms with Crippen molar-refractivity contribution in [3.63, 3.8) is 0 Å². The standard InChI is InChI=1S/C26H21F3/c1-2-17-6-12-24(26(29)13-17)20-9-8-19-14-21(25(28)16-22(19)15-20)7-3-18-4-10-23(27)11-5-18/h4-6,10-14,16,20H,2,8-9,15H2,1H3. The van der Waals surface area contributed by atoms with E-state index in [1.807, 2.05) is 19.1 Å². The molecule has 0 radical (unpaired) electrons. The lowest BCUT2D eigenvalue weighted by molar-refractivity contribution is 0.529. The van der Waals surface area contributed by atoms with Crippen molar-refractivity contribution in [2.24, 2.45) is 0 Å². The quantitative estimate of drug-likeness (QED) is 0.448. The summed E-state index contributed by atoms with van der Waals surface area (Å²) in [6, 6.07) is 14.6. The van der Waals surface area contributed by atoms with Crippen molar-refractivity contribution in [2.45, 2.75) is 38.5 Å². The van der Waals surface area contributed by atoms with E-state index < -0.39 is 0 Å². The van der Waals surface area contributed by atoms with Gasteiger partial charge >= 0.3 is 0 Å². The van der Waals surface area contributed by atoms with Crippen LogP contribution in [0.25, 0.3) is 0 Å². The Morgan fingerprint density at radius 1 is 0.862 bits per heavy atom. The fourth-order valence-corrected chi connectivity index (χ4v) is 3.93. The summed E-state index contributed by atoms with van der Waals surface area (Å²) in [4.78, 5) is 0. The van der Waals surface area contributed by atoms with Crippen LogP contribution in [-0.2, 0) is 19.3 Å². The van der Waals surface area contributed by atoms with Crippen LogP contribution in [0.1, 0.15) is 52.6 Å². The van der Waals surface area contributed by atoms with Gasteiger partial charge in [0, 0.05) is 5.56 Å². The maximum Gasteiger partial charge on any atom is 0.139 e. The predicted octanol–water partition coefficient (Wildman–Crippen LogP) is 6.34. The minimum Gasteiger partial charge on any atom is -0.207 e. The molecule has 29 heavy (non-hydrogen) atoms. The summed E-state index contributed by atoms with van der Waals surface area (Å²) in [6.07, 6.45) is 3.02. The molecule has 0 spiro atoms. The molecule has 3 heteroatoms. The maximum atomic E-state index is 14.6. The van der Waals surface area contributed by atoms with E-state index in [0.29, 0.717) is 23.1 Å². The fraction of sp³-hybridized carbons (Fsp3) is 0.231. The van der Waals surface area contributed by atoms with Crippen molar-refractivity contribution in [2.75, 3.05) is 0 Å². The van der Waals surface area contributed by atoms with E-state index in [2.05, 4.69) is 11.8 Å². The zero-order valence-electron chi connectivity index (χ0n) is 16.2. The second kappa shape index (κ2) is 8.17. The summed E-state index contributed by atoms with van der Waals surface area (Å²) >= 11 is 0. The van der Waals surface area contributed by atoms with Gasteiger partial charge in [-0.2, -0.15) is 0 Å². The molecular weight excluding hydrogens is 369 g/mol. The molecule has 0 nitrogen and oxygen atoms in total. The summed E-state index contributed by atoms with van der Waals surface area (Å²) < 4.78 is 42.1. The van der Waals surface area contributed by atoms with E-state index >= 15 is 0 Å². The first-order valence-electron chi connectivity index (χ1n) is 9.90. The van der Waals surface area contributed by atoms with Gasteiger partial charge in [0.05, 0.1) is 5.56 Å². The molecule has 0 N–H and O–H groups in total. The third-order valence-corrected chi connectivity index (χ3v) is 5.62. The Hall–Kier alpha value is -2.99. The number of aryl methyl sites for hydroxylation is 2. The van der Waals surface area contributed by atoms with Crippen LogP contribution in [0.4, 0.5) is 13.2 Å². The van der Waals surface area contributed by atoms with E-state index in [9.17, 15) is 13.2 Å². The first-order chi connectivity index (χ1) is 14.0. The number of halogens is 3. The highest BCUT2D eigenvalue weighted by molar-refractivity contribution is 5.48. The van der Waals surface area contributed by atoms with Crippen molar-refractivity contribution < 1.29 is 13.2 Å². The zero-order valence-corrected chi connectivity index (χ0v) is 16.2. The van der Waals surface area contributed by atoms with Crippen molar-refractivity contribution in [3.05, 3.63) is 105 Å². The molecule has 0 aromatic heterocycles. The van der Waals surface area contributed by atoms with Gasteiger partial charge in [-0.1, -0.05) is 30.9 Å². The second-order valence-electron chi connectivity index (χ2n) is 7.51. The van der Waals surface area contributed by atoms with E-state index in [1.165, 1.54) is 18.2 Å². The Balaban J connectivity index is 1.58. The van der Waals surface area contributed by atoms with Crippen molar-refractivity contribution in [1.29, 1.82) is 0 Å². The molecule has 1 atom stereocenters. The number of benzene rings is 3. The molecule has 4 rings (SSSR count). The molecule has 1 aliphatic carbocycles. The average Bonchev–Trinajstić information content (AvgIpc) is 2.73. The summed E-state index contributed by atoms with van der Waals surface area (Å²) in [6.45, 7) is 2.00. The Morgan fingerprint density at radius 2 is 1.66 bits per heavy atom. The molecule has 0 heterocycles. The number of hydrogen-bond donors (Lipinski definition) is 0. The summed E-state index contributed by atoms with van der Waals surface area (Å²) in [5.41, 5.74) is 4.66. The number of fused-ring (bicyclic) bond motifs is 1. The van der Waals surface area contributed by atoms with Crippen molar-refractivity contribution >= 4 is 0 Å². The van der Waals surface area contributed by atoms with E-state index in [-0.39, 0.29) is 23.4 Å².